The van der Waals surface area contributed by atoms with Crippen molar-refractivity contribution in [3.05, 3.63) is 30.1 Å². The van der Waals surface area contributed by atoms with Crippen LogP contribution in [0.5, 0.6) is 0 Å². The molecule has 0 aromatic carbocycles. The first kappa shape index (κ1) is 13.7. The van der Waals surface area contributed by atoms with Gasteiger partial charge in [-0.05, 0) is 13.0 Å². The van der Waals surface area contributed by atoms with E-state index < -0.39 is 7.25 Å². The van der Waals surface area contributed by atoms with Gasteiger partial charge in [0.25, 0.3) is 0 Å². The van der Waals surface area contributed by atoms with Crippen LogP contribution < -0.4 is 9.57 Å². The Morgan fingerprint density at radius 3 is 2.20 bits per heavy atom. The molecular formula is C8H12BF4NO. The number of rotatable bonds is 2. The molecule has 0 amide bonds. The van der Waals surface area contributed by atoms with Crippen LogP contribution in [0.25, 0.3) is 0 Å². The fourth-order valence-electron chi connectivity index (χ4n) is 0.798. The van der Waals surface area contributed by atoms with Crippen LogP contribution in [0, 0.1) is 6.92 Å². The van der Waals surface area contributed by atoms with Crippen LogP contribution >= 0.6 is 0 Å². The third kappa shape index (κ3) is 9.05. The summed E-state index contributed by atoms with van der Waals surface area (Å²) in [5, 5.41) is 0. The van der Waals surface area contributed by atoms with Crippen molar-refractivity contribution in [1.82, 2.24) is 0 Å². The van der Waals surface area contributed by atoms with Crippen molar-refractivity contribution in [2.75, 3.05) is 6.61 Å². The number of nitrogens with zero attached hydrogens (tertiary/aromatic N) is 1. The number of aromatic nitrogens is 1. The van der Waals surface area contributed by atoms with Gasteiger partial charge in [0.1, 0.15) is 0 Å². The van der Waals surface area contributed by atoms with Crippen LogP contribution in [-0.4, -0.2) is 13.9 Å². The first-order valence-electron chi connectivity index (χ1n) is 4.32. The van der Waals surface area contributed by atoms with E-state index in [9.17, 15) is 17.3 Å². The molecule has 0 fully saturated rings. The number of pyridine rings is 1. The van der Waals surface area contributed by atoms with E-state index in [1.54, 1.807) is 4.73 Å². The molecule has 0 bridgehead atoms. The summed E-state index contributed by atoms with van der Waals surface area (Å²) in [6.45, 7) is 4.69. The van der Waals surface area contributed by atoms with Gasteiger partial charge in [-0.15, -0.1) is 0 Å². The number of halogens is 4. The van der Waals surface area contributed by atoms with Crippen molar-refractivity contribution in [1.29, 1.82) is 0 Å². The molecule has 0 spiro atoms. The second-order valence-corrected chi connectivity index (χ2v) is 2.58. The van der Waals surface area contributed by atoms with Crippen molar-refractivity contribution in [3.8, 4) is 0 Å². The molecule has 0 unspecified atom stereocenters. The molecular weight excluding hydrogens is 213 g/mol. The molecule has 0 atom stereocenters. The van der Waals surface area contributed by atoms with Crippen LogP contribution in [-0.2, 0) is 0 Å². The van der Waals surface area contributed by atoms with E-state index >= 15 is 0 Å². The Hall–Kier alpha value is -1.27. The second kappa shape index (κ2) is 6.26. The molecule has 0 aliphatic rings. The standard InChI is InChI=1S/C8H12NO.BF4/c1-3-10-9-7-5-4-6-8(9)2;2-1(3,4)5/h4-7H,3H2,1-2H3;/q+1;-1. The van der Waals surface area contributed by atoms with Gasteiger partial charge in [-0.1, -0.05) is 0 Å². The summed E-state index contributed by atoms with van der Waals surface area (Å²) in [6.07, 6.45) is 1.90. The maximum absolute atomic E-state index is 9.75. The zero-order chi connectivity index (χ0) is 11.9. The van der Waals surface area contributed by atoms with E-state index in [1.807, 2.05) is 38.2 Å². The van der Waals surface area contributed by atoms with Crippen molar-refractivity contribution in [3.63, 3.8) is 0 Å². The minimum Gasteiger partial charge on any atom is -0.418 e. The highest BCUT2D eigenvalue weighted by molar-refractivity contribution is 6.50. The van der Waals surface area contributed by atoms with Gasteiger partial charge in [-0.25, -0.2) is 0 Å². The Balaban J connectivity index is 0.000000336. The Labute approximate surface area is 85.5 Å². The molecule has 0 radical (unpaired) electrons. The van der Waals surface area contributed by atoms with Gasteiger partial charge in [-0.2, -0.15) is 0 Å². The van der Waals surface area contributed by atoms with Gasteiger partial charge in [0.2, 0.25) is 11.9 Å². The monoisotopic (exact) mass is 225 g/mol. The Bertz CT molecular complexity index is 286. The second-order valence-electron chi connectivity index (χ2n) is 2.58. The summed E-state index contributed by atoms with van der Waals surface area (Å²) in [4.78, 5) is 5.25. The van der Waals surface area contributed by atoms with Gasteiger partial charge < -0.3 is 17.3 Å². The molecule has 0 saturated heterocycles. The molecule has 7 heteroatoms. The van der Waals surface area contributed by atoms with Crippen LogP contribution in [0.3, 0.4) is 0 Å². The number of aryl methyl sites for hydroxylation is 1. The molecule has 1 rings (SSSR count). The summed E-state index contributed by atoms with van der Waals surface area (Å²) in [5.41, 5.74) is 1.12. The lowest BCUT2D eigenvalue weighted by atomic mass is 10.3. The molecule has 2 nitrogen and oxygen atoms in total. The summed E-state index contributed by atoms with van der Waals surface area (Å²) in [7, 11) is -6.00. The van der Waals surface area contributed by atoms with Crippen molar-refractivity contribution < 1.29 is 26.8 Å². The number of hydrogen-bond donors (Lipinski definition) is 0. The smallest absolute Gasteiger partial charge is 0.418 e. The fourth-order valence-corrected chi connectivity index (χ4v) is 0.798. The topological polar surface area (TPSA) is 13.1 Å². The Morgan fingerprint density at radius 1 is 1.27 bits per heavy atom. The quantitative estimate of drug-likeness (QED) is 0.426. The van der Waals surface area contributed by atoms with Crippen molar-refractivity contribution in [2.45, 2.75) is 13.8 Å². The van der Waals surface area contributed by atoms with E-state index in [4.69, 9.17) is 4.84 Å². The zero-order valence-corrected chi connectivity index (χ0v) is 8.46. The molecule has 0 aliphatic heterocycles. The largest absolute Gasteiger partial charge is 0.673 e. The predicted octanol–water partition coefficient (Wildman–Crippen LogP) is 2.03. The summed E-state index contributed by atoms with van der Waals surface area (Å²) in [5.74, 6) is 0. The van der Waals surface area contributed by atoms with E-state index in [1.165, 1.54) is 0 Å². The highest BCUT2D eigenvalue weighted by Crippen LogP contribution is 2.06. The molecule has 0 N–H and O–H groups in total. The van der Waals surface area contributed by atoms with Crippen LogP contribution in [0.4, 0.5) is 17.3 Å². The lowest BCUT2D eigenvalue weighted by Crippen LogP contribution is -2.44. The number of hydrogen-bond acceptors (Lipinski definition) is 1. The van der Waals surface area contributed by atoms with Crippen LogP contribution in [0.1, 0.15) is 12.6 Å². The SMILES string of the molecule is CCO[n+]1ccccc1C.F[B-](F)(F)F. The highest BCUT2D eigenvalue weighted by Gasteiger charge is 2.20. The van der Waals surface area contributed by atoms with Crippen molar-refractivity contribution >= 4 is 7.25 Å². The fraction of sp³-hybridized carbons (Fsp3) is 0.375. The average Bonchev–Trinajstić information content (AvgIpc) is 2.06. The minimum absolute atomic E-state index is 0.704. The van der Waals surface area contributed by atoms with E-state index in [0.717, 1.165) is 5.69 Å². The van der Waals surface area contributed by atoms with Gasteiger partial charge >= 0.3 is 7.25 Å². The van der Waals surface area contributed by atoms with E-state index in [-0.39, 0.29) is 0 Å². The maximum Gasteiger partial charge on any atom is 0.673 e. The van der Waals surface area contributed by atoms with E-state index in [0.29, 0.717) is 6.61 Å². The highest BCUT2D eigenvalue weighted by atomic mass is 19.5. The van der Waals surface area contributed by atoms with Crippen LogP contribution in [0.2, 0.25) is 0 Å². The first-order valence-corrected chi connectivity index (χ1v) is 4.32. The molecule has 1 aromatic heterocycles. The maximum atomic E-state index is 9.75. The zero-order valence-electron chi connectivity index (χ0n) is 8.46. The first-order chi connectivity index (χ1) is 6.84. The summed E-state index contributed by atoms with van der Waals surface area (Å²) < 4.78 is 40.8. The molecule has 15 heavy (non-hydrogen) atoms. The third-order valence-corrected chi connectivity index (χ3v) is 1.29. The summed E-state index contributed by atoms with van der Waals surface area (Å²) >= 11 is 0. The minimum atomic E-state index is -6.00. The van der Waals surface area contributed by atoms with Gasteiger partial charge in [0.05, 0.1) is 0 Å². The van der Waals surface area contributed by atoms with Crippen LogP contribution in [0.15, 0.2) is 24.4 Å². The molecule has 0 saturated carbocycles. The molecule has 1 aromatic rings. The molecule has 0 aliphatic carbocycles. The van der Waals surface area contributed by atoms with Gasteiger partial charge in [0.15, 0.2) is 6.61 Å². The lowest BCUT2D eigenvalue weighted by molar-refractivity contribution is -0.894. The lowest BCUT2D eigenvalue weighted by Gasteiger charge is -1.94. The molecule has 1 heterocycles. The molecule has 86 valence electrons. The Kier molecular flexibility index (Phi) is 5.73. The summed E-state index contributed by atoms with van der Waals surface area (Å²) in [6, 6.07) is 5.95. The van der Waals surface area contributed by atoms with Crippen molar-refractivity contribution in [2.24, 2.45) is 0 Å². The predicted molar refractivity (Wildman–Crippen MR) is 48.7 cm³/mol. The normalized spacial score (nSPS) is 10.3. The van der Waals surface area contributed by atoms with Gasteiger partial charge in [-0.3, -0.25) is 4.84 Å². The Morgan fingerprint density at radius 2 is 1.80 bits per heavy atom. The third-order valence-electron chi connectivity index (χ3n) is 1.29. The average molecular weight is 225 g/mol. The van der Waals surface area contributed by atoms with Gasteiger partial charge in [0, 0.05) is 23.8 Å². The van der Waals surface area contributed by atoms with E-state index in [2.05, 4.69) is 0 Å².